The summed E-state index contributed by atoms with van der Waals surface area (Å²) < 4.78 is 12.9. The molecule has 0 spiro atoms. The van der Waals surface area contributed by atoms with Gasteiger partial charge < -0.3 is 8.83 Å². The van der Waals surface area contributed by atoms with Crippen molar-refractivity contribution in [1.82, 2.24) is 19.9 Å². The molecule has 0 aliphatic carbocycles. The molecule has 0 saturated heterocycles. The molecule has 0 atom stereocenters. The Hall–Kier alpha value is -7.96. The third kappa shape index (κ3) is 5.20. The minimum atomic E-state index is 0.532. The van der Waals surface area contributed by atoms with Gasteiger partial charge >= 0.3 is 0 Å². The highest BCUT2D eigenvalue weighted by molar-refractivity contribution is 6.14. The molecule has 0 aliphatic rings. The van der Waals surface area contributed by atoms with E-state index < -0.39 is 0 Å². The SMILES string of the molecule is c1ccc(-c2nc3cc(-c4nc(-c5ccc6ccccc6c5)nc(-c5cccc6oc7ccccc7c56)n4)c4cc(-c5cccc6ccccc56)ccc4c3o2)cc1. The van der Waals surface area contributed by atoms with Crippen LogP contribution in [-0.4, -0.2) is 19.9 Å². The number of hydrogen-bond acceptors (Lipinski definition) is 6. The summed E-state index contributed by atoms with van der Waals surface area (Å²) in [5.41, 5.74) is 8.71. The van der Waals surface area contributed by atoms with Gasteiger partial charge in [-0.15, -0.1) is 0 Å². The zero-order valence-corrected chi connectivity index (χ0v) is 30.9. The number of hydrogen-bond donors (Lipinski definition) is 0. The van der Waals surface area contributed by atoms with Crippen molar-refractivity contribution in [3.05, 3.63) is 182 Å². The fraction of sp³-hybridized carbons (Fsp3) is 0. The van der Waals surface area contributed by atoms with E-state index in [1.807, 2.05) is 60.7 Å². The monoisotopic (exact) mass is 742 g/mol. The molecule has 6 heteroatoms. The zero-order valence-electron chi connectivity index (χ0n) is 30.9. The molecular formula is C52H30N4O2. The van der Waals surface area contributed by atoms with E-state index >= 15 is 0 Å². The van der Waals surface area contributed by atoms with Crippen molar-refractivity contribution in [2.24, 2.45) is 0 Å². The minimum Gasteiger partial charge on any atom is -0.456 e. The maximum Gasteiger partial charge on any atom is 0.227 e. The average molecular weight is 743 g/mol. The van der Waals surface area contributed by atoms with Crippen molar-refractivity contribution >= 4 is 65.4 Å². The van der Waals surface area contributed by atoms with Crippen molar-refractivity contribution in [1.29, 1.82) is 0 Å². The molecule has 0 unspecified atom stereocenters. The normalized spacial score (nSPS) is 11.8. The highest BCUT2D eigenvalue weighted by Crippen LogP contribution is 2.41. The van der Waals surface area contributed by atoms with Gasteiger partial charge in [0.1, 0.15) is 16.7 Å². The van der Waals surface area contributed by atoms with E-state index in [0.29, 0.717) is 28.9 Å². The topological polar surface area (TPSA) is 77.8 Å². The summed E-state index contributed by atoms with van der Waals surface area (Å²) in [5, 5.41) is 8.45. The third-order valence-electron chi connectivity index (χ3n) is 11.1. The second-order valence-corrected chi connectivity index (χ2v) is 14.6. The van der Waals surface area contributed by atoms with Gasteiger partial charge in [0, 0.05) is 38.4 Å². The molecule has 0 bridgehead atoms. The summed E-state index contributed by atoms with van der Waals surface area (Å²) in [7, 11) is 0. The molecular weight excluding hydrogens is 713 g/mol. The Labute approximate surface area is 331 Å². The molecule has 6 nitrogen and oxygen atoms in total. The van der Waals surface area contributed by atoms with Crippen LogP contribution < -0.4 is 0 Å². The first kappa shape index (κ1) is 32.3. The maximum absolute atomic E-state index is 6.61. The van der Waals surface area contributed by atoms with Crippen LogP contribution in [0.25, 0.3) is 122 Å². The van der Waals surface area contributed by atoms with Crippen LogP contribution in [0.3, 0.4) is 0 Å². The van der Waals surface area contributed by atoms with Gasteiger partial charge in [-0.25, -0.2) is 19.9 Å². The molecule has 12 rings (SSSR count). The smallest absolute Gasteiger partial charge is 0.227 e. The number of benzene rings is 9. The van der Waals surface area contributed by atoms with E-state index in [0.717, 1.165) is 82.4 Å². The molecule has 3 heterocycles. The molecule has 0 N–H and O–H groups in total. The summed E-state index contributed by atoms with van der Waals surface area (Å²) in [5.74, 6) is 2.20. The number of para-hydroxylation sites is 1. The molecule has 270 valence electrons. The second-order valence-electron chi connectivity index (χ2n) is 14.6. The maximum atomic E-state index is 6.61. The van der Waals surface area contributed by atoms with Crippen LogP contribution in [-0.2, 0) is 0 Å². The first-order chi connectivity index (χ1) is 28.7. The number of oxazole rings is 1. The molecule has 0 amide bonds. The summed E-state index contributed by atoms with van der Waals surface area (Å²) in [6, 6.07) is 62.4. The summed E-state index contributed by atoms with van der Waals surface area (Å²) in [6.45, 7) is 0. The van der Waals surface area contributed by atoms with E-state index in [2.05, 4.69) is 121 Å². The average Bonchev–Trinajstić information content (AvgIpc) is 3.91. The van der Waals surface area contributed by atoms with E-state index in [1.54, 1.807) is 0 Å². The summed E-state index contributed by atoms with van der Waals surface area (Å²) in [4.78, 5) is 20.9. The van der Waals surface area contributed by atoms with Gasteiger partial charge in [-0.2, -0.15) is 0 Å². The van der Waals surface area contributed by atoms with Crippen molar-refractivity contribution in [3.8, 4) is 56.7 Å². The quantitative estimate of drug-likeness (QED) is 0.175. The minimum absolute atomic E-state index is 0.532. The first-order valence-corrected chi connectivity index (χ1v) is 19.3. The Bertz CT molecular complexity index is 3580. The van der Waals surface area contributed by atoms with Gasteiger partial charge in [0.2, 0.25) is 5.89 Å². The Morgan fingerprint density at radius 2 is 1.00 bits per heavy atom. The highest BCUT2D eigenvalue weighted by Gasteiger charge is 2.22. The van der Waals surface area contributed by atoms with Gasteiger partial charge in [-0.3, -0.25) is 0 Å². The lowest BCUT2D eigenvalue weighted by molar-refractivity contribution is 0.623. The van der Waals surface area contributed by atoms with Crippen LogP contribution in [0, 0.1) is 0 Å². The van der Waals surface area contributed by atoms with Crippen LogP contribution in [0.2, 0.25) is 0 Å². The first-order valence-electron chi connectivity index (χ1n) is 19.3. The van der Waals surface area contributed by atoms with Crippen LogP contribution >= 0.6 is 0 Å². The lowest BCUT2D eigenvalue weighted by Crippen LogP contribution is -2.01. The Morgan fingerprint density at radius 1 is 0.328 bits per heavy atom. The second kappa shape index (κ2) is 12.8. The number of aromatic nitrogens is 4. The van der Waals surface area contributed by atoms with Gasteiger partial charge in [0.25, 0.3) is 0 Å². The number of nitrogens with zero attached hydrogens (tertiary/aromatic N) is 4. The molecule has 0 radical (unpaired) electrons. The largest absolute Gasteiger partial charge is 0.456 e. The van der Waals surface area contributed by atoms with Gasteiger partial charge in [0.05, 0.1) is 0 Å². The molecule has 12 aromatic rings. The summed E-state index contributed by atoms with van der Waals surface area (Å²) >= 11 is 0. The third-order valence-corrected chi connectivity index (χ3v) is 11.1. The van der Waals surface area contributed by atoms with Crippen LogP contribution in [0.5, 0.6) is 0 Å². The van der Waals surface area contributed by atoms with E-state index in [9.17, 15) is 0 Å². The lowest BCUT2D eigenvalue weighted by atomic mass is 9.94. The molecule has 9 aromatic carbocycles. The van der Waals surface area contributed by atoms with Gasteiger partial charge in [-0.05, 0) is 86.6 Å². The van der Waals surface area contributed by atoms with Crippen LogP contribution in [0.1, 0.15) is 0 Å². The predicted molar refractivity (Wildman–Crippen MR) is 234 cm³/mol. The number of fused-ring (bicyclic) bond motifs is 8. The summed E-state index contributed by atoms with van der Waals surface area (Å²) in [6.07, 6.45) is 0. The number of furan rings is 1. The van der Waals surface area contributed by atoms with Crippen LogP contribution in [0.15, 0.2) is 191 Å². The lowest BCUT2D eigenvalue weighted by Gasteiger charge is -2.13. The number of rotatable bonds is 5. The van der Waals surface area contributed by atoms with E-state index in [4.69, 9.17) is 28.8 Å². The highest BCUT2D eigenvalue weighted by atomic mass is 16.3. The van der Waals surface area contributed by atoms with Crippen LogP contribution in [0.4, 0.5) is 0 Å². The van der Waals surface area contributed by atoms with Crippen molar-refractivity contribution in [2.45, 2.75) is 0 Å². The Balaban J connectivity index is 1.16. The predicted octanol–water partition coefficient (Wildman–Crippen LogP) is 13.7. The van der Waals surface area contributed by atoms with Crippen molar-refractivity contribution < 1.29 is 8.83 Å². The molecule has 3 aromatic heterocycles. The standard InChI is InChI=1S/C52H30N4O2/c1-2-14-33(15-3-1)52-53-44-30-43(42-29-35(26-27-39(42)48(44)58-52)38-20-10-17-32-13-6-7-18-37(32)38)51-55-49(36-25-24-31-12-4-5-16-34(31)28-36)54-50(56-51)41-21-11-23-46-47(41)40-19-8-9-22-45(40)57-46/h1-30H. The fourth-order valence-electron chi connectivity index (χ4n) is 8.37. The fourth-order valence-corrected chi connectivity index (χ4v) is 8.37. The zero-order chi connectivity index (χ0) is 38.2. The Kier molecular flexibility index (Phi) is 7.13. The molecule has 0 saturated carbocycles. The molecule has 58 heavy (non-hydrogen) atoms. The van der Waals surface area contributed by atoms with E-state index in [-0.39, 0.29) is 0 Å². The van der Waals surface area contributed by atoms with Gasteiger partial charge in [-0.1, -0.05) is 133 Å². The Morgan fingerprint density at radius 3 is 1.90 bits per heavy atom. The van der Waals surface area contributed by atoms with Crippen molar-refractivity contribution in [3.63, 3.8) is 0 Å². The van der Waals surface area contributed by atoms with Crippen molar-refractivity contribution in [2.75, 3.05) is 0 Å². The van der Waals surface area contributed by atoms with Gasteiger partial charge in [0.15, 0.2) is 23.1 Å². The molecule has 0 fully saturated rings. The molecule has 0 aliphatic heterocycles. The van der Waals surface area contributed by atoms with E-state index in [1.165, 1.54) is 10.8 Å².